The highest BCUT2D eigenvalue weighted by atomic mass is 16.8. The Kier molecular flexibility index (Phi) is 26.7. The molecule has 0 N–H and O–H groups in total. The molecule has 466 valence electrons. The van der Waals surface area contributed by atoms with Gasteiger partial charge in [-0.05, 0) is 98.9 Å². The third kappa shape index (κ3) is 18.9. The summed E-state index contributed by atoms with van der Waals surface area (Å²) in [5, 5.41) is 4.29. The van der Waals surface area contributed by atoms with E-state index in [1.165, 1.54) is 0 Å². The van der Waals surface area contributed by atoms with Crippen molar-refractivity contribution in [1.29, 1.82) is 0 Å². The van der Waals surface area contributed by atoms with Gasteiger partial charge in [-0.1, -0.05) is 169 Å². The zero-order chi connectivity index (χ0) is 60.5. The highest BCUT2D eigenvalue weighted by Gasteiger charge is 2.56. The van der Waals surface area contributed by atoms with Crippen LogP contribution in [-0.2, 0) is 68.2 Å². The number of ether oxygens (including phenoxy) is 12. The van der Waals surface area contributed by atoms with Gasteiger partial charge in [0, 0.05) is 24.7 Å². The van der Waals surface area contributed by atoms with Crippen LogP contribution >= 0.6 is 0 Å². The van der Waals surface area contributed by atoms with Gasteiger partial charge in [-0.2, -0.15) is 0 Å². The smallest absolute Gasteiger partial charge is 0.338 e. The fraction of sp³-hybridized carbons (Fsp3) is 0.582. The number of hydrogen-bond acceptors (Lipinski definition) is 17. The van der Waals surface area contributed by atoms with Gasteiger partial charge in [0.2, 0.25) is 0 Å². The van der Waals surface area contributed by atoms with Gasteiger partial charge in [0.25, 0.3) is 0 Å². The number of esters is 4. The summed E-state index contributed by atoms with van der Waals surface area (Å²) in [6, 6.07) is 33.4. The molecule has 2 aliphatic carbocycles. The second-order valence-corrected chi connectivity index (χ2v) is 22.7. The van der Waals surface area contributed by atoms with Gasteiger partial charge in [0.1, 0.15) is 43.7 Å². The van der Waals surface area contributed by atoms with E-state index in [1.807, 2.05) is 37.3 Å². The molecule has 0 spiro atoms. The number of hydrogen-bond donors (Lipinski definition) is 0. The van der Waals surface area contributed by atoms with E-state index in [-0.39, 0.29) is 35.6 Å². The normalized spacial score (nSPS) is 27.2. The maximum Gasteiger partial charge on any atom is 0.338 e. The Labute approximate surface area is 505 Å². The summed E-state index contributed by atoms with van der Waals surface area (Å²) in [6.07, 6.45) is -3.61. The van der Waals surface area contributed by atoms with E-state index in [1.54, 1.807) is 91.0 Å². The predicted octanol–water partition coefficient (Wildman–Crippen LogP) is 12.4. The summed E-state index contributed by atoms with van der Waals surface area (Å²) in [5.74, 6) is -2.98. The van der Waals surface area contributed by atoms with E-state index in [2.05, 4.69) is 30.8 Å². The number of nitrogens with zero attached hydrogens (tertiary/aromatic N) is 3. The maximum absolute atomic E-state index is 14.9. The molecule has 19 heteroatoms. The van der Waals surface area contributed by atoms with Crippen molar-refractivity contribution in [3.05, 3.63) is 154 Å². The molecule has 2 saturated heterocycles. The summed E-state index contributed by atoms with van der Waals surface area (Å²) in [7, 11) is 0. The van der Waals surface area contributed by atoms with Crippen molar-refractivity contribution in [1.82, 2.24) is 0 Å². The first kappa shape index (κ1) is 65.7. The van der Waals surface area contributed by atoms with Crippen LogP contribution in [-0.4, -0.2) is 136 Å². The molecule has 14 atom stereocenters. The first-order valence-corrected chi connectivity index (χ1v) is 31.2. The molecule has 4 aliphatic rings. The van der Waals surface area contributed by atoms with E-state index in [0.717, 1.165) is 76.2 Å². The fourth-order valence-corrected chi connectivity index (χ4v) is 11.6. The van der Waals surface area contributed by atoms with Gasteiger partial charge in [-0.3, -0.25) is 0 Å². The summed E-state index contributed by atoms with van der Waals surface area (Å²) in [6.45, 7) is 8.89. The lowest BCUT2D eigenvalue weighted by molar-refractivity contribution is -0.351. The predicted molar refractivity (Wildman–Crippen MR) is 318 cm³/mol. The molecule has 8 rings (SSSR count). The van der Waals surface area contributed by atoms with Crippen molar-refractivity contribution in [2.75, 3.05) is 26.4 Å². The molecule has 0 aromatic heterocycles. The Bertz CT molecular complexity index is 2700. The minimum atomic E-state index is -1.64. The van der Waals surface area contributed by atoms with Crippen LogP contribution in [0.15, 0.2) is 126 Å². The van der Waals surface area contributed by atoms with Gasteiger partial charge in [0.15, 0.2) is 30.9 Å². The second-order valence-electron chi connectivity index (χ2n) is 22.7. The van der Waals surface area contributed by atoms with Crippen LogP contribution < -0.4 is 0 Å². The van der Waals surface area contributed by atoms with E-state index < -0.39 is 116 Å². The van der Waals surface area contributed by atoms with Crippen molar-refractivity contribution in [3.63, 3.8) is 0 Å². The van der Waals surface area contributed by atoms with Gasteiger partial charge in [-0.25, -0.2) is 19.2 Å². The molecule has 4 fully saturated rings. The Morgan fingerprint density at radius 2 is 1.09 bits per heavy atom. The van der Waals surface area contributed by atoms with E-state index in [4.69, 9.17) is 56.8 Å². The molecule has 0 radical (unpaired) electrons. The van der Waals surface area contributed by atoms with E-state index >= 15 is 0 Å². The number of benzene rings is 4. The van der Waals surface area contributed by atoms with Crippen LogP contribution in [0.25, 0.3) is 10.4 Å². The van der Waals surface area contributed by atoms with Crippen LogP contribution in [0.5, 0.6) is 0 Å². The Balaban J connectivity index is 1.23. The largest absolute Gasteiger partial charge is 0.459 e. The third-order valence-electron chi connectivity index (χ3n) is 16.3. The Morgan fingerprint density at radius 1 is 0.558 bits per heavy atom. The summed E-state index contributed by atoms with van der Waals surface area (Å²) >= 11 is 0. The highest BCUT2D eigenvalue weighted by Crippen LogP contribution is 2.39. The monoisotopic (exact) mass is 1190 g/mol. The maximum atomic E-state index is 14.9. The fourth-order valence-electron chi connectivity index (χ4n) is 11.6. The van der Waals surface area contributed by atoms with Crippen LogP contribution in [0.2, 0.25) is 0 Å². The first-order chi connectivity index (χ1) is 42.1. The molecule has 4 aromatic carbocycles. The quantitative estimate of drug-likeness (QED) is 0.0114. The van der Waals surface area contributed by atoms with Crippen LogP contribution in [0.1, 0.15) is 161 Å². The molecule has 0 bridgehead atoms. The minimum Gasteiger partial charge on any atom is -0.459 e. The molecule has 9 unspecified atom stereocenters. The molecule has 2 saturated carbocycles. The van der Waals surface area contributed by atoms with Gasteiger partial charge in [0.05, 0.1) is 41.0 Å². The van der Waals surface area contributed by atoms with Gasteiger partial charge < -0.3 is 56.8 Å². The minimum absolute atomic E-state index is 0.0373. The van der Waals surface area contributed by atoms with Gasteiger partial charge in [-0.15, -0.1) is 0 Å². The zero-order valence-corrected chi connectivity index (χ0v) is 50.2. The SMILES string of the molecule is CCCCOC1C(OCCCC)[C@H](OCCCC)C(C)O[C@H]1OC1C(N=[N+]=[N-])CCC[C@H]1OC1OC(COC(=O)c2ccccc2)C(OC(=O)c2ccccc2)[C@H](O[C@@H](CC2CCCCC2)C(=O)OCc2ccccc2)C1OC(=O)c1ccccc1. The third-order valence-corrected chi connectivity index (χ3v) is 16.3. The van der Waals surface area contributed by atoms with Crippen LogP contribution in [0.4, 0.5) is 0 Å². The molecule has 2 aliphatic heterocycles. The number of carbonyl (C=O) groups excluding carboxylic acids is 4. The summed E-state index contributed by atoms with van der Waals surface area (Å²) in [4.78, 5) is 61.5. The van der Waals surface area contributed by atoms with Crippen molar-refractivity contribution in [2.45, 2.75) is 216 Å². The first-order valence-electron chi connectivity index (χ1n) is 31.2. The lowest BCUT2D eigenvalue weighted by atomic mass is 9.85. The van der Waals surface area contributed by atoms with Crippen molar-refractivity contribution >= 4 is 23.9 Å². The lowest BCUT2D eigenvalue weighted by Crippen LogP contribution is -2.65. The molecule has 0 amide bonds. The number of carbonyl (C=O) groups is 4. The molecular weight excluding hydrogens is 1100 g/mol. The topological polar surface area (TPSA) is 228 Å². The lowest BCUT2D eigenvalue weighted by Gasteiger charge is -2.49. The van der Waals surface area contributed by atoms with E-state index in [9.17, 15) is 24.7 Å². The van der Waals surface area contributed by atoms with Crippen molar-refractivity contribution < 1.29 is 76.0 Å². The molecule has 86 heavy (non-hydrogen) atoms. The average Bonchev–Trinajstić information content (AvgIpc) is 1.18. The standard InChI is InChI=1S/C67H87N3O16/c1-5-8-39-75-55-45(4)80-66(60(77-41-10-7-3)58(55)76-40-9-6-2)86-56-51(69-70-68)37-26-38-52(56)82-67-61(85-64(73)50-35-24-15-25-36-50)59(81-53(42-46-27-16-11-17-28-46)65(74)78-43-47-29-18-12-19-30-47)57(84-63(72)49-33-22-14-23-34-49)54(83-67)44-79-62(71)48-31-20-13-21-32-48/h12-15,18-25,29-36,45-46,51-61,66-67H,5-11,16-17,26-28,37-44H2,1-4H3/t45?,51?,52-,53+,54?,55-,56?,57?,58?,59+,60?,61?,66+,67?/m1/s1. The average molecular weight is 1190 g/mol. The Hall–Kier alpha value is -6.25. The number of unbranched alkanes of at least 4 members (excludes halogenated alkanes) is 3. The van der Waals surface area contributed by atoms with Crippen LogP contribution in [0.3, 0.4) is 0 Å². The highest BCUT2D eigenvalue weighted by molar-refractivity contribution is 5.90. The second kappa shape index (κ2) is 34.9. The molecule has 19 nitrogen and oxygen atoms in total. The summed E-state index contributed by atoms with van der Waals surface area (Å²) < 4.78 is 80.4. The molecular formula is C67H87N3O16. The number of rotatable bonds is 31. The Morgan fingerprint density at radius 3 is 1.67 bits per heavy atom. The van der Waals surface area contributed by atoms with Crippen molar-refractivity contribution in [2.24, 2.45) is 11.0 Å². The van der Waals surface area contributed by atoms with E-state index in [0.29, 0.717) is 39.1 Å². The van der Waals surface area contributed by atoms with Crippen molar-refractivity contribution in [3.8, 4) is 0 Å². The van der Waals surface area contributed by atoms with Crippen LogP contribution in [0, 0.1) is 5.92 Å². The summed E-state index contributed by atoms with van der Waals surface area (Å²) in [5.41, 5.74) is 11.5. The molecule has 4 aromatic rings. The molecule has 2 heterocycles. The number of azide groups is 1. The van der Waals surface area contributed by atoms with Gasteiger partial charge >= 0.3 is 23.9 Å². The zero-order valence-electron chi connectivity index (χ0n) is 50.2.